The van der Waals surface area contributed by atoms with Crippen molar-refractivity contribution in [2.75, 3.05) is 0 Å². The van der Waals surface area contributed by atoms with E-state index in [-0.39, 0.29) is 0 Å². The van der Waals surface area contributed by atoms with E-state index in [1.165, 1.54) is 82.6 Å². The summed E-state index contributed by atoms with van der Waals surface area (Å²) in [4.78, 5) is 0. The van der Waals surface area contributed by atoms with Gasteiger partial charge in [-0.15, -0.1) is 0 Å². The van der Waals surface area contributed by atoms with Crippen LogP contribution in [0.3, 0.4) is 0 Å². The van der Waals surface area contributed by atoms with Gasteiger partial charge in [0.25, 0.3) is 0 Å². The summed E-state index contributed by atoms with van der Waals surface area (Å²) >= 11 is 0. The van der Waals surface area contributed by atoms with Gasteiger partial charge in [-0.3, -0.25) is 0 Å². The van der Waals surface area contributed by atoms with E-state index in [2.05, 4.69) is 6.92 Å². The number of hydrogen-bond donors (Lipinski definition) is 0. The maximum absolute atomic E-state index is 12.5. The zero-order chi connectivity index (χ0) is 20.0. The largest absolute Gasteiger partial charge is 0.393 e. The van der Waals surface area contributed by atoms with E-state index in [0.717, 1.165) is 17.8 Å². The van der Waals surface area contributed by atoms with Gasteiger partial charge in [-0.2, -0.15) is 13.2 Å². The molecule has 1 aromatic rings. The van der Waals surface area contributed by atoms with Crippen molar-refractivity contribution in [1.29, 1.82) is 0 Å². The molecule has 0 nitrogen and oxygen atoms in total. The number of alkyl halides is 3. The van der Waals surface area contributed by atoms with E-state index in [1.807, 2.05) is 12.1 Å². The van der Waals surface area contributed by atoms with E-state index in [0.29, 0.717) is 11.5 Å². The van der Waals surface area contributed by atoms with E-state index in [4.69, 9.17) is 0 Å². The Morgan fingerprint density at radius 2 is 1.36 bits per heavy atom. The molecule has 158 valence electrons. The summed E-state index contributed by atoms with van der Waals surface area (Å²) in [5.41, 5.74) is 1.62. The number of rotatable bonds is 7. The monoisotopic (exact) mass is 394 g/mol. The molecule has 2 saturated carbocycles. The molecule has 0 aliphatic heterocycles. The Balaban J connectivity index is 1.41. The lowest BCUT2D eigenvalue weighted by Crippen LogP contribution is -2.25. The van der Waals surface area contributed by atoms with Crippen LogP contribution < -0.4 is 0 Å². The Labute approximate surface area is 169 Å². The smallest absolute Gasteiger partial charge is 0.171 e. The third-order valence-corrected chi connectivity index (χ3v) is 7.40. The highest BCUT2D eigenvalue weighted by molar-refractivity contribution is 5.26. The molecule has 0 atom stereocenters. The van der Waals surface area contributed by atoms with Crippen LogP contribution in [-0.4, -0.2) is 6.18 Å². The van der Waals surface area contributed by atoms with Crippen LogP contribution in [0.15, 0.2) is 24.3 Å². The van der Waals surface area contributed by atoms with E-state index in [9.17, 15) is 13.2 Å². The zero-order valence-electron chi connectivity index (χ0n) is 17.4. The van der Waals surface area contributed by atoms with Crippen molar-refractivity contribution < 1.29 is 13.2 Å². The third kappa shape index (κ3) is 6.52. The Morgan fingerprint density at radius 3 is 1.89 bits per heavy atom. The van der Waals surface area contributed by atoms with Gasteiger partial charge >= 0.3 is 6.18 Å². The highest BCUT2D eigenvalue weighted by atomic mass is 19.4. The fourth-order valence-electron chi connectivity index (χ4n) is 5.69. The lowest BCUT2D eigenvalue weighted by atomic mass is 9.68. The predicted molar refractivity (Wildman–Crippen MR) is 110 cm³/mol. The molecule has 28 heavy (non-hydrogen) atoms. The summed E-state index contributed by atoms with van der Waals surface area (Å²) in [6.45, 7) is 2.28. The van der Waals surface area contributed by atoms with Crippen molar-refractivity contribution in [2.24, 2.45) is 17.8 Å². The van der Waals surface area contributed by atoms with Gasteiger partial charge in [0, 0.05) is 0 Å². The van der Waals surface area contributed by atoms with Crippen LogP contribution in [0, 0.1) is 17.8 Å². The Hall–Kier alpha value is -0.990. The molecule has 3 rings (SSSR count). The molecular weight excluding hydrogens is 357 g/mol. The molecule has 0 N–H and O–H groups in total. The second kappa shape index (κ2) is 10.2. The second-order valence-corrected chi connectivity index (χ2v) is 9.42. The van der Waals surface area contributed by atoms with E-state index in [1.54, 1.807) is 12.1 Å². The molecule has 0 unspecified atom stereocenters. The van der Waals surface area contributed by atoms with Crippen LogP contribution in [0.2, 0.25) is 0 Å². The number of hydrogen-bond acceptors (Lipinski definition) is 0. The summed E-state index contributed by atoms with van der Waals surface area (Å²) in [5.74, 6) is 3.34. The van der Waals surface area contributed by atoms with Crippen molar-refractivity contribution in [2.45, 2.75) is 102 Å². The molecule has 0 amide bonds. The van der Waals surface area contributed by atoms with Crippen molar-refractivity contribution in [3.63, 3.8) is 0 Å². The average Bonchev–Trinajstić information content (AvgIpc) is 2.68. The normalized spacial score (nSPS) is 29.0. The fraction of sp³-hybridized carbons (Fsp3) is 0.760. The van der Waals surface area contributed by atoms with Gasteiger partial charge in [0.05, 0.1) is 6.42 Å². The van der Waals surface area contributed by atoms with Crippen molar-refractivity contribution >= 4 is 0 Å². The molecule has 1 aromatic carbocycles. The summed E-state index contributed by atoms with van der Waals surface area (Å²) in [6.07, 6.45) is 11.4. The minimum absolute atomic E-state index is 0.376. The highest BCUT2D eigenvalue weighted by Gasteiger charge is 2.31. The molecule has 0 spiro atoms. The number of halogens is 3. The molecule has 2 aliphatic carbocycles. The maximum Gasteiger partial charge on any atom is 0.393 e. The third-order valence-electron chi connectivity index (χ3n) is 7.40. The highest BCUT2D eigenvalue weighted by Crippen LogP contribution is 2.44. The molecule has 2 aliphatic rings. The van der Waals surface area contributed by atoms with Crippen LogP contribution in [0.5, 0.6) is 0 Å². The zero-order valence-corrected chi connectivity index (χ0v) is 17.4. The van der Waals surface area contributed by atoms with Gasteiger partial charge in [-0.25, -0.2) is 0 Å². The van der Waals surface area contributed by atoms with E-state index >= 15 is 0 Å². The van der Waals surface area contributed by atoms with Crippen molar-refractivity contribution in [1.82, 2.24) is 0 Å². The standard InChI is InChI=1S/C25H37F3/c1-2-3-4-5-19-6-10-21(11-7-19)23-14-16-24(17-15-23)22-12-8-20(9-13-22)18-25(26,27)28/h8-9,12-13,19,21,23-24H,2-7,10-11,14-18H2,1H3/t19-,21-,23-,24-. The predicted octanol–water partition coefficient (Wildman–Crippen LogP) is 8.45. The SMILES string of the molecule is CCCCC[C@H]1CC[C@H]([C@H]2CC[C@H](c3ccc(CC(F)(F)F)cc3)CC2)CC1. The molecule has 0 saturated heterocycles. The number of benzene rings is 1. The minimum atomic E-state index is -4.12. The molecule has 3 heteroatoms. The quantitative estimate of drug-likeness (QED) is 0.407. The summed E-state index contributed by atoms with van der Waals surface area (Å²) in [7, 11) is 0. The summed E-state index contributed by atoms with van der Waals surface area (Å²) in [5, 5.41) is 0. The van der Waals surface area contributed by atoms with Gasteiger partial charge in [-0.05, 0) is 73.3 Å². The fourth-order valence-corrected chi connectivity index (χ4v) is 5.69. The molecule has 2 fully saturated rings. The van der Waals surface area contributed by atoms with E-state index < -0.39 is 12.6 Å². The first-order valence-electron chi connectivity index (χ1n) is 11.6. The Bertz CT molecular complexity index is 558. The first-order chi connectivity index (χ1) is 13.4. The molecule has 0 aromatic heterocycles. The van der Waals surface area contributed by atoms with Gasteiger partial charge in [0.1, 0.15) is 0 Å². The van der Waals surface area contributed by atoms with Gasteiger partial charge in [0.2, 0.25) is 0 Å². The Morgan fingerprint density at radius 1 is 0.786 bits per heavy atom. The van der Waals surface area contributed by atoms with Gasteiger partial charge in [-0.1, -0.05) is 69.7 Å². The van der Waals surface area contributed by atoms with Crippen LogP contribution >= 0.6 is 0 Å². The first-order valence-corrected chi connectivity index (χ1v) is 11.6. The van der Waals surface area contributed by atoms with Crippen LogP contribution in [0.1, 0.15) is 101 Å². The maximum atomic E-state index is 12.5. The van der Waals surface area contributed by atoms with Gasteiger partial charge < -0.3 is 0 Å². The molecule has 0 bridgehead atoms. The second-order valence-electron chi connectivity index (χ2n) is 9.42. The molecular formula is C25H37F3. The summed E-state index contributed by atoms with van der Waals surface area (Å²) < 4.78 is 37.6. The van der Waals surface area contributed by atoms with Crippen LogP contribution in [-0.2, 0) is 6.42 Å². The lowest BCUT2D eigenvalue weighted by Gasteiger charge is -2.38. The minimum Gasteiger partial charge on any atom is -0.171 e. The molecule has 0 heterocycles. The topological polar surface area (TPSA) is 0 Å². The van der Waals surface area contributed by atoms with Crippen LogP contribution in [0.4, 0.5) is 13.2 Å². The van der Waals surface area contributed by atoms with Gasteiger partial charge in [0.15, 0.2) is 0 Å². The average molecular weight is 395 g/mol. The van der Waals surface area contributed by atoms with Crippen molar-refractivity contribution in [3.8, 4) is 0 Å². The van der Waals surface area contributed by atoms with Crippen molar-refractivity contribution in [3.05, 3.63) is 35.4 Å². The van der Waals surface area contributed by atoms with Crippen LogP contribution in [0.25, 0.3) is 0 Å². The molecule has 0 radical (unpaired) electrons. The summed E-state index contributed by atoms with van der Waals surface area (Å²) in [6, 6.07) is 7.23. The lowest BCUT2D eigenvalue weighted by molar-refractivity contribution is -0.127. The first kappa shape index (κ1) is 21.7. The number of unbranched alkanes of at least 4 members (excludes halogenated alkanes) is 2. The Kier molecular flexibility index (Phi) is 7.88.